The average Bonchev–Trinajstić information content (AvgIpc) is 3.30. The zero-order valence-corrected chi connectivity index (χ0v) is 14.8. The van der Waals surface area contributed by atoms with Gasteiger partial charge in [-0.2, -0.15) is 0 Å². The van der Waals surface area contributed by atoms with Gasteiger partial charge in [0.25, 0.3) is 5.91 Å². The fraction of sp³-hybridized carbons (Fsp3) is 0.444. The predicted molar refractivity (Wildman–Crippen MR) is 95.0 cm³/mol. The van der Waals surface area contributed by atoms with Crippen molar-refractivity contribution in [1.82, 2.24) is 15.2 Å². The highest BCUT2D eigenvalue weighted by molar-refractivity contribution is 7.07. The summed E-state index contributed by atoms with van der Waals surface area (Å²) in [6, 6.07) is 5.30. The summed E-state index contributed by atoms with van der Waals surface area (Å²) < 4.78 is 10.6. The molecule has 1 N–H and O–H groups in total. The van der Waals surface area contributed by atoms with Crippen molar-refractivity contribution in [2.24, 2.45) is 5.92 Å². The van der Waals surface area contributed by atoms with E-state index in [0.29, 0.717) is 29.5 Å². The van der Waals surface area contributed by atoms with E-state index in [2.05, 4.69) is 20.6 Å². The number of piperidine rings is 1. The molecule has 0 aliphatic carbocycles. The molecule has 2 aliphatic rings. The van der Waals surface area contributed by atoms with Crippen molar-refractivity contribution < 1.29 is 14.3 Å². The Kier molecular flexibility index (Phi) is 4.85. The number of fused-ring (bicyclic) bond motifs is 1. The number of carbonyl (C=O) groups excluding carboxylic acids is 1. The lowest BCUT2D eigenvalue weighted by atomic mass is 9.97. The molecule has 2 aliphatic heterocycles. The van der Waals surface area contributed by atoms with Gasteiger partial charge in [-0.3, -0.25) is 9.69 Å². The van der Waals surface area contributed by atoms with Gasteiger partial charge in [-0.1, -0.05) is 0 Å². The molecule has 1 aromatic heterocycles. The van der Waals surface area contributed by atoms with Gasteiger partial charge in [-0.05, 0) is 43.5 Å². The molecule has 1 amide bonds. The Bertz CT molecular complexity index is 735. The first-order chi connectivity index (χ1) is 12.3. The van der Waals surface area contributed by atoms with Gasteiger partial charge < -0.3 is 14.8 Å². The van der Waals surface area contributed by atoms with E-state index >= 15 is 0 Å². The smallest absolute Gasteiger partial charge is 0.251 e. The van der Waals surface area contributed by atoms with Crippen LogP contribution < -0.4 is 14.8 Å². The predicted octanol–water partition coefficient (Wildman–Crippen LogP) is 2.51. The average molecular weight is 359 g/mol. The lowest BCUT2D eigenvalue weighted by molar-refractivity contribution is 0.0930. The maximum atomic E-state index is 12.4. The van der Waals surface area contributed by atoms with Gasteiger partial charge in [0.05, 0.1) is 11.2 Å². The number of likely N-dealkylation sites (tertiary alicyclic amines) is 1. The maximum Gasteiger partial charge on any atom is 0.251 e. The Hall–Kier alpha value is -2.12. The third-order valence-electron chi connectivity index (χ3n) is 4.66. The Morgan fingerprint density at radius 2 is 2.28 bits per heavy atom. The molecule has 6 nitrogen and oxygen atoms in total. The summed E-state index contributed by atoms with van der Waals surface area (Å²) in [5, 5.41) is 5.17. The van der Waals surface area contributed by atoms with E-state index in [9.17, 15) is 4.79 Å². The fourth-order valence-electron chi connectivity index (χ4n) is 3.38. The number of thiazole rings is 1. The molecule has 0 saturated carbocycles. The summed E-state index contributed by atoms with van der Waals surface area (Å²) in [6.45, 7) is 3.91. The van der Waals surface area contributed by atoms with Gasteiger partial charge in [0.15, 0.2) is 11.5 Å². The van der Waals surface area contributed by atoms with Crippen LogP contribution in [0.1, 0.15) is 28.9 Å². The first-order valence-corrected chi connectivity index (χ1v) is 9.49. The lowest BCUT2D eigenvalue weighted by Crippen LogP contribution is -2.40. The Balaban J connectivity index is 1.29. The van der Waals surface area contributed by atoms with E-state index < -0.39 is 0 Å². The van der Waals surface area contributed by atoms with Crippen molar-refractivity contribution in [1.29, 1.82) is 0 Å². The van der Waals surface area contributed by atoms with Crippen LogP contribution in [0, 0.1) is 5.92 Å². The molecule has 0 bridgehead atoms. The quantitative estimate of drug-likeness (QED) is 0.889. The van der Waals surface area contributed by atoms with Gasteiger partial charge in [0.1, 0.15) is 0 Å². The number of nitrogens with one attached hydrogen (secondary N) is 1. The molecule has 1 saturated heterocycles. The SMILES string of the molecule is O=C(NC[C@H]1CCCN(Cc2cscn2)C1)c1ccc2c(c1)OCO2. The molecule has 3 heterocycles. The topological polar surface area (TPSA) is 63.7 Å². The van der Waals surface area contributed by atoms with Crippen LogP contribution in [-0.2, 0) is 6.54 Å². The van der Waals surface area contributed by atoms with Crippen molar-refractivity contribution in [3.8, 4) is 11.5 Å². The minimum Gasteiger partial charge on any atom is -0.454 e. The van der Waals surface area contributed by atoms with Crippen LogP contribution in [0.2, 0.25) is 0 Å². The van der Waals surface area contributed by atoms with E-state index in [4.69, 9.17) is 9.47 Å². The number of nitrogens with zero attached hydrogens (tertiary/aromatic N) is 2. The molecule has 25 heavy (non-hydrogen) atoms. The molecule has 1 atom stereocenters. The van der Waals surface area contributed by atoms with E-state index in [0.717, 1.165) is 38.2 Å². The second-order valence-corrected chi connectivity index (χ2v) is 7.22. The molecule has 7 heteroatoms. The van der Waals surface area contributed by atoms with E-state index in [-0.39, 0.29) is 12.7 Å². The Morgan fingerprint density at radius 1 is 1.36 bits per heavy atom. The zero-order chi connectivity index (χ0) is 17.1. The third kappa shape index (κ3) is 3.93. The van der Waals surface area contributed by atoms with E-state index in [1.807, 2.05) is 5.51 Å². The molecule has 1 aromatic carbocycles. The van der Waals surface area contributed by atoms with E-state index in [1.165, 1.54) is 0 Å². The molecular weight excluding hydrogens is 338 g/mol. The summed E-state index contributed by atoms with van der Waals surface area (Å²) >= 11 is 1.64. The number of hydrogen-bond acceptors (Lipinski definition) is 6. The Labute approximate surface area is 150 Å². The summed E-state index contributed by atoms with van der Waals surface area (Å²) in [7, 11) is 0. The molecule has 0 spiro atoms. The highest BCUT2D eigenvalue weighted by Gasteiger charge is 2.22. The Morgan fingerprint density at radius 3 is 3.16 bits per heavy atom. The van der Waals surface area contributed by atoms with Gasteiger partial charge in [-0.25, -0.2) is 4.98 Å². The van der Waals surface area contributed by atoms with Crippen LogP contribution in [-0.4, -0.2) is 42.2 Å². The number of hydrogen-bond donors (Lipinski definition) is 1. The maximum absolute atomic E-state index is 12.4. The van der Waals surface area contributed by atoms with Gasteiger partial charge >= 0.3 is 0 Å². The highest BCUT2D eigenvalue weighted by atomic mass is 32.1. The van der Waals surface area contributed by atoms with Crippen molar-refractivity contribution in [3.63, 3.8) is 0 Å². The monoisotopic (exact) mass is 359 g/mol. The summed E-state index contributed by atoms with van der Waals surface area (Å²) in [5.41, 5.74) is 3.62. The molecule has 0 radical (unpaired) electrons. The zero-order valence-electron chi connectivity index (χ0n) is 13.9. The first kappa shape index (κ1) is 16.4. The number of carbonyl (C=O) groups is 1. The van der Waals surface area contributed by atoms with Crippen LogP contribution >= 0.6 is 11.3 Å². The fourth-order valence-corrected chi connectivity index (χ4v) is 3.93. The van der Waals surface area contributed by atoms with Crippen molar-refractivity contribution in [2.75, 3.05) is 26.4 Å². The minimum atomic E-state index is -0.0603. The van der Waals surface area contributed by atoms with Crippen LogP contribution in [0.25, 0.3) is 0 Å². The number of rotatable bonds is 5. The number of ether oxygens (including phenoxy) is 2. The molecule has 2 aromatic rings. The minimum absolute atomic E-state index is 0.0603. The molecular formula is C18H21N3O3S. The summed E-state index contributed by atoms with van der Waals surface area (Å²) in [5.74, 6) is 1.75. The largest absolute Gasteiger partial charge is 0.454 e. The van der Waals surface area contributed by atoms with Crippen LogP contribution in [0.4, 0.5) is 0 Å². The van der Waals surface area contributed by atoms with Crippen molar-refractivity contribution in [3.05, 3.63) is 40.3 Å². The van der Waals surface area contributed by atoms with Crippen molar-refractivity contribution >= 4 is 17.2 Å². The molecule has 1 fully saturated rings. The van der Waals surface area contributed by atoms with Crippen LogP contribution in [0.3, 0.4) is 0 Å². The second kappa shape index (κ2) is 7.41. The molecule has 132 valence electrons. The highest BCUT2D eigenvalue weighted by Crippen LogP contribution is 2.32. The molecule has 0 unspecified atom stereocenters. The lowest BCUT2D eigenvalue weighted by Gasteiger charge is -2.32. The van der Waals surface area contributed by atoms with Crippen molar-refractivity contribution in [2.45, 2.75) is 19.4 Å². The summed E-state index contributed by atoms with van der Waals surface area (Å²) in [4.78, 5) is 19.2. The summed E-state index contributed by atoms with van der Waals surface area (Å²) in [6.07, 6.45) is 2.31. The van der Waals surface area contributed by atoms with E-state index in [1.54, 1.807) is 29.5 Å². The first-order valence-electron chi connectivity index (χ1n) is 8.55. The van der Waals surface area contributed by atoms with Gasteiger partial charge in [0.2, 0.25) is 6.79 Å². The normalized spacial score (nSPS) is 19.8. The number of benzene rings is 1. The van der Waals surface area contributed by atoms with Crippen LogP contribution in [0.5, 0.6) is 11.5 Å². The molecule has 4 rings (SSSR count). The van der Waals surface area contributed by atoms with Gasteiger partial charge in [0, 0.05) is 30.6 Å². The third-order valence-corrected chi connectivity index (χ3v) is 5.29. The number of aromatic nitrogens is 1. The standard InChI is InChI=1S/C18H21N3O3S/c22-18(14-3-4-16-17(6-14)24-12-23-16)19-7-13-2-1-5-21(8-13)9-15-10-25-11-20-15/h3-4,6,10-11,13H,1-2,5,7-9,12H2,(H,19,22)/t13-/m1/s1. The van der Waals surface area contributed by atoms with Gasteiger partial charge in [-0.15, -0.1) is 11.3 Å². The number of amides is 1. The van der Waals surface area contributed by atoms with Crippen LogP contribution in [0.15, 0.2) is 29.1 Å². The second-order valence-electron chi connectivity index (χ2n) is 6.50.